The molecule has 0 aliphatic rings. The number of benzene rings is 1. The molecular formula is C17H21FN4OS. The third-order valence-corrected chi connectivity index (χ3v) is 4.10. The van der Waals surface area contributed by atoms with E-state index in [1.165, 1.54) is 17.0 Å². The number of aliphatic imine (C=N–C) groups is 1. The maximum absolute atomic E-state index is 13.2. The van der Waals surface area contributed by atoms with E-state index in [9.17, 15) is 9.18 Å². The Bertz CT molecular complexity index is 686. The van der Waals surface area contributed by atoms with Crippen molar-refractivity contribution in [2.75, 3.05) is 20.6 Å². The Kier molecular flexibility index (Phi) is 6.74. The number of amides is 1. The Morgan fingerprint density at radius 1 is 1.25 bits per heavy atom. The molecule has 1 heterocycles. The molecule has 7 heteroatoms. The van der Waals surface area contributed by atoms with E-state index in [1.807, 2.05) is 23.6 Å². The summed E-state index contributed by atoms with van der Waals surface area (Å²) in [6, 6.07) is 10.3. The highest BCUT2D eigenvalue weighted by Crippen LogP contribution is 2.08. The van der Waals surface area contributed by atoms with Gasteiger partial charge >= 0.3 is 0 Å². The van der Waals surface area contributed by atoms with Crippen LogP contribution in [-0.4, -0.2) is 37.4 Å². The monoisotopic (exact) mass is 348 g/mol. The molecular weight excluding hydrogens is 327 g/mol. The molecule has 24 heavy (non-hydrogen) atoms. The van der Waals surface area contributed by atoms with Gasteiger partial charge in [0.05, 0.1) is 19.6 Å². The van der Waals surface area contributed by atoms with Crippen LogP contribution >= 0.6 is 11.3 Å². The van der Waals surface area contributed by atoms with Crippen LogP contribution in [0.4, 0.5) is 4.39 Å². The van der Waals surface area contributed by atoms with Crippen molar-refractivity contribution in [3.63, 3.8) is 0 Å². The summed E-state index contributed by atoms with van der Waals surface area (Å²) in [6.07, 6.45) is 0. The molecule has 2 N–H and O–H groups in total. The number of thiophene rings is 1. The van der Waals surface area contributed by atoms with Crippen LogP contribution in [0.5, 0.6) is 0 Å². The quantitative estimate of drug-likeness (QED) is 0.622. The number of guanidine groups is 1. The Labute approximate surface area is 145 Å². The van der Waals surface area contributed by atoms with Crippen molar-refractivity contribution >= 4 is 23.2 Å². The molecule has 5 nitrogen and oxygen atoms in total. The Morgan fingerprint density at radius 3 is 2.75 bits per heavy atom. The van der Waals surface area contributed by atoms with E-state index in [0.717, 1.165) is 10.4 Å². The minimum Gasteiger partial charge on any atom is -0.351 e. The topological polar surface area (TPSA) is 56.7 Å². The fourth-order valence-corrected chi connectivity index (χ4v) is 2.53. The molecule has 1 aromatic heterocycles. The van der Waals surface area contributed by atoms with E-state index in [-0.39, 0.29) is 18.3 Å². The van der Waals surface area contributed by atoms with Gasteiger partial charge in [-0.15, -0.1) is 11.3 Å². The average Bonchev–Trinajstić information content (AvgIpc) is 3.07. The summed E-state index contributed by atoms with van der Waals surface area (Å²) in [4.78, 5) is 18.8. The molecule has 0 aliphatic heterocycles. The zero-order valence-electron chi connectivity index (χ0n) is 13.8. The molecule has 0 saturated carbocycles. The van der Waals surface area contributed by atoms with Crippen LogP contribution in [0, 0.1) is 5.82 Å². The molecule has 2 aromatic rings. The lowest BCUT2D eigenvalue weighted by molar-refractivity contribution is -0.127. The first-order chi connectivity index (χ1) is 11.5. The van der Waals surface area contributed by atoms with Crippen LogP contribution in [0.25, 0.3) is 0 Å². The van der Waals surface area contributed by atoms with Crippen molar-refractivity contribution in [1.82, 2.24) is 15.5 Å². The molecule has 0 saturated heterocycles. The molecule has 0 bridgehead atoms. The van der Waals surface area contributed by atoms with E-state index in [0.29, 0.717) is 19.0 Å². The van der Waals surface area contributed by atoms with E-state index in [1.54, 1.807) is 31.5 Å². The number of hydrogen-bond acceptors (Lipinski definition) is 3. The standard InChI is InChI=1S/C17H21FN4OS/c1-22(2)16(23)12-21-17(20-11-15-7-4-8-24-15)19-10-13-5-3-6-14(18)9-13/h3-9H,10-12H2,1-2H3,(H2,19,20,21). The zero-order chi connectivity index (χ0) is 17.4. The summed E-state index contributed by atoms with van der Waals surface area (Å²) in [5.41, 5.74) is 0.770. The first-order valence-corrected chi connectivity index (χ1v) is 8.41. The first-order valence-electron chi connectivity index (χ1n) is 7.54. The van der Waals surface area contributed by atoms with E-state index in [2.05, 4.69) is 15.6 Å². The summed E-state index contributed by atoms with van der Waals surface area (Å²) in [6.45, 7) is 1.09. The normalized spacial score (nSPS) is 11.2. The average molecular weight is 348 g/mol. The number of likely N-dealkylation sites (N-methyl/N-ethyl adjacent to an activating group) is 1. The lowest BCUT2D eigenvalue weighted by atomic mass is 10.2. The van der Waals surface area contributed by atoms with Crippen LogP contribution < -0.4 is 10.6 Å². The number of halogens is 1. The van der Waals surface area contributed by atoms with Crippen molar-refractivity contribution in [2.45, 2.75) is 13.1 Å². The number of nitrogens with one attached hydrogen (secondary N) is 2. The van der Waals surface area contributed by atoms with Crippen LogP contribution in [0.1, 0.15) is 10.4 Å². The summed E-state index contributed by atoms with van der Waals surface area (Å²) < 4.78 is 13.2. The third kappa shape index (κ3) is 6.00. The van der Waals surface area contributed by atoms with Gasteiger partial charge in [-0.1, -0.05) is 18.2 Å². The Morgan fingerprint density at radius 2 is 2.08 bits per heavy atom. The minimum atomic E-state index is -0.286. The second-order valence-corrected chi connectivity index (χ2v) is 6.40. The molecule has 0 aliphatic carbocycles. The highest BCUT2D eigenvalue weighted by atomic mass is 32.1. The summed E-state index contributed by atoms with van der Waals surface area (Å²) in [5, 5.41) is 8.20. The molecule has 0 atom stereocenters. The van der Waals surface area contributed by atoms with Gasteiger partial charge in [-0.05, 0) is 29.1 Å². The third-order valence-electron chi connectivity index (χ3n) is 3.22. The fourth-order valence-electron chi connectivity index (χ4n) is 1.88. The zero-order valence-corrected chi connectivity index (χ0v) is 14.6. The Hall–Kier alpha value is -2.41. The minimum absolute atomic E-state index is 0.0496. The molecule has 2 rings (SSSR count). The van der Waals surface area contributed by atoms with Gasteiger partial charge in [-0.25, -0.2) is 9.38 Å². The van der Waals surface area contributed by atoms with Gasteiger partial charge in [0, 0.05) is 19.0 Å². The van der Waals surface area contributed by atoms with E-state index in [4.69, 9.17) is 0 Å². The van der Waals surface area contributed by atoms with Gasteiger partial charge in [0.25, 0.3) is 0 Å². The molecule has 0 spiro atoms. The van der Waals surface area contributed by atoms with Crippen molar-refractivity contribution in [3.05, 3.63) is 58.0 Å². The lowest BCUT2D eigenvalue weighted by Crippen LogP contribution is -2.42. The highest BCUT2D eigenvalue weighted by Gasteiger charge is 2.06. The van der Waals surface area contributed by atoms with Crippen LogP contribution in [0.2, 0.25) is 0 Å². The smallest absolute Gasteiger partial charge is 0.241 e. The van der Waals surface area contributed by atoms with Crippen molar-refractivity contribution in [3.8, 4) is 0 Å². The van der Waals surface area contributed by atoms with Crippen LogP contribution in [0.3, 0.4) is 0 Å². The molecule has 128 valence electrons. The van der Waals surface area contributed by atoms with E-state index >= 15 is 0 Å². The second kappa shape index (κ2) is 9.02. The molecule has 0 fully saturated rings. The lowest BCUT2D eigenvalue weighted by Gasteiger charge is -2.14. The van der Waals surface area contributed by atoms with Gasteiger partial charge < -0.3 is 15.5 Å². The molecule has 0 radical (unpaired) electrons. The number of carbonyl (C=O) groups excluding carboxylic acids is 1. The van der Waals surface area contributed by atoms with E-state index < -0.39 is 0 Å². The predicted octanol–water partition coefficient (Wildman–Crippen LogP) is 2.21. The van der Waals surface area contributed by atoms with Gasteiger partial charge in [-0.2, -0.15) is 0 Å². The molecule has 1 aromatic carbocycles. The summed E-state index contributed by atoms with van der Waals surface area (Å²) in [5.74, 6) is 0.181. The molecule has 1 amide bonds. The number of hydrogen-bond donors (Lipinski definition) is 2. The number of nitrogens with zero attached hydrogens (tertiary/aromatic N) is 2. The maximum Gasteiger partial charge on any atom is 0.241 e. The largest absolute Gasteiger partial charge is 0.351 e. The number of carbonyl (C=O) groups is 1. The highest BCUT2D eigenvalue weighted by molar-refractivity contribution is 7.09. The van der Waals surface area contributed by atoms with Gasteiger partial charge in [-0.3, -0.25) is 4.79 Å². The predicted molar refractivity (Wildman–Crippen MR) is 95.4 cm³/mol. The van der Waals surface area contributed by atoms with Gasteiger partial charge in [0.15, 0.2) is 5.96 Å². The second-order valence-electron chi connectivity index (χ2n) is 5.37. The van der Waals surface area contributed by atoms with Crippen molar-refractivity contribution in [1.29, 1.82) is 0 Å². The van der Waals surface area contributed by atoms with Crippen molar-refractivity contribution in [2.24, 2.45) is 4.99 Å². The first kappa shape index (κ1) is 17.9. The maximum atomic E-state index is 13.2. The SMILES string of the molecule is CN(C)C(=O)CNC(=NCc1cccc(F)c1)NCc1cccs1. The van der Waals surface area contributed by atoms with Gasteiger partial charge in [0.2, 0.25) is 5.91 Å². The molecule has 0 unspecified atom stereocenters. The summed E-state index contributed by atoms with van der Waals surface area (Å²) >= 11 is 1.64. The Balaban J connectivity index is 1.99. The number of rotatable bonds is 6. The fraction of sp³-hybridized carbons (Fsp3) is 0.294. The van der Waals surface area contributed by atoms with Crippen molar-refractivity contribution < 1.29 is 9.18 Å². The van der Waals surface area contributed by atoms with Crippen LogP contribution in [-0.2, 0) is 17.9 Å². The van der Waals surface area contributed by atoms with Gasteiger partial charge in [0.1, 0.15) is 5.82 Å². The summed E-state index contributed by atoms with van der Waals surface area (Å²) in [7, 11) is 3.40. The van der Waals surface area contributed by atoms with Crippen LogP contribution in [0.15, 0.2) is 46.8 Å².